The van der Waals surface area contributed by atoms with Gasteiger partial charge in [-0.1, -0.05) is 12.1 Å². The van der Waals surface area contributed by atoms with Gasteiger partial charge in [0.05, 0.1) is 18.4 Å². The molecule has 0 bridgehead atoms. The molecule has 0 saturated heterocycles. The number of halogens is 1. The first-order chi connectivity index (χ1) is 11.6. The fourth-order valence-corrected chi connectivity index (χ4v) is 3.24. The molecule has 1 aromatic heterocycles. The number of imidazole rings is 1. The Balaban J connectivity index is 0.00000225. The van der Waals surface area contributed by atoms with Gasteiger partial charge in [0.15, 0.2) is 5.96 Å². The maximum atomic E-state index is 6.10. The van der Waals surface area contributed by atoms with Crippen LogP contribution in [0.15, 0.2) is 29.4 Å². The minimum atomic E-state index is 0. The van der Waals surface area contributed by atoms with E-state index in [9.17, 15) is 0 Å². The zero-order valence-electron chi connectivity index (χ0n) is 15.1. The van der Waals surface area contributed by atoms with Crippen molar-refractivity contribution < 1.29 is 0 Å². The second kappa shape index (κ2) is 8.55. The lowest BCUT2D eigenvalue weighted by atomic mass is 9.90. The molecule has 2 aromatic rings. The van der Waals surface area contributed by atoms with Crippen molar-refractivity contribution in [1.29, 1.82) is 0 Å². The molecule has 0 atom stereocenters. The molecule has 0 saturated carbocycles. The Morgan fingerprint density at radius 2 is 2.08 bits per heavy atom. The number of fused-ring (bicyclic) bond motifs is 1. The number of anilines is 2. The number of guanidine groups is 1. The highest BCUT2D eigenvalue weighted by molar-refractivity contribution is 14.0. The Morgan fingerprint density at radius 3 is 2.80 bits per heavy atom. The van der Waals surface area contributed by atoms with Crippen molar-refractivity contribution in [1.82, 2.24) is 9.55 Å². The number of aliphatic imine (C=N–C) groups is 1. The quantitative estimate of drug-likeness (QED) is 0.424. The highest BCUT2D eigenvalue weighted by atomic mass is 127. The third-order valence-corrected chi connectivity index (χ3v) is 4.53. The first-order valence-corrected chi connectivity index (χ1v) is 8.42. The zero-order chi connectivity index (χ0) is 17.1. The molecule has 136 valence electrons. The van der Waals surface area contributed by atoms with E-state index < -0.39 is 0 Å². The topological polar surface area (TPSA) is 71.5 Å². The fraction of sp³-hybridized carbons (Fsp3) is 0.444. The molecule has 1 heterocycles. The van der Waals surface area contributed by atoms with Gasteiger partial charge in [0.1, 0.15) is 0 Å². The Kier molecular flexibility index (Phi) is 6.69. The van der Waals surface area contributed by atoms with Crippen molar-refractivity contribution in [2.75, 3.05) is 24.3 Å². The van der Waals surface area contributed by atoms with Crippen LogP contribution in [-0.4, -0.2) is 29.6 Å². The highest BCUT2D eigenvalue weighted by Gasteiger charge is 2.13. The largest absolute Gasteiger partial charge is 0.370 e. The summed E-state index contributed by atoms with van der Waals surface area (Å²) in [6.07, 6.45) is 6.63. The summed E-state index contributed by atoms with van der Waals surface area (Å²) < 4.78 is 2.03. The summed E-state index contributed by atoms with van der Waals surface area (Å²) in [5, 5.41) is 3.28. The number of nitrogens with one attached hydrogen (secondary N) is 1. The monoisotopic (exact) mass is 454 g/mol. The van der Waals surface area contributed by atoms with Crippen LogP contribution in [0.1, 0.15) is 29.7 Å². The minimum absolute atomic E-state index is 0. The van der Waals surface area contributed by atoms with Gasteiger partial charge in [-0.05, 0) is 42.9 Å². The molecule has 25 heavy (non-hydrogen) atoms. The fourth-order valence-electron chi connectivity index (χ4n) is 3.24. The minimum Gasteiger partial charge on any atom is -0.370 e. The van der Waals surface area contributed by atoms with Gasteiger partial charge in [0.25, 0.3) is 0 Å². The third kappa shape index (κ3) is 4.45. The number of rotatable bonds is 4. The Labute approximate surface area is 166 Å². The molecular formula is C18H27IN6. The predicted molar refractivity (Wildman–Crippen MR) is 115 cm³/mol. The second-order valence-corrected chi connectivity index (χ2v) is 6.48. The van der Waals surface area contributed by atoms with Crippen molar-refractivity contribution in [3.8, 4) is 0 Å². The number of nitrogens with zero attached hydrogens (tertiary/aromatic N) is 4. The summed E-state index contributed by atoms with van der Waals surface area (Å²) in [6, 6.07) is 6.39. The molecule has 6 nitrogen and oxygen atoms in total. The molecule has 3 rings (SSSR count). The lowest BCUT2D eigenvalue weighted by Gasteiger charge is -2.19. The molecule has 0 aliphatic heterocycles. The standard InChI is InChI=1S/C18H26N6.HI/c1-23(2)18-21-12-14(24(18)3)11-20-17(19)22-16-10-6-8-13-7-4-5-9-15(13)16;/h6,8,10,12H,4-5,7,9,11H2,1-3H3,(H3,19,20,22);1H. The van der Waals surface area contributed by atoms with Crippen molar-refractivity contribution in [3.05, 3.63) is 41.2 Å². The number of aryl methyl sites for hydroxylation is 1. The number of aromatic nitrogens is 2. The van der Waals surface area contributed by atoms with Gasteiger partial charge >= 0.3 is 0 Å². The Morgan fingerprint density at radius 1 is 1.32 bits per heavy atom. The summed E-state index contributed by atoms with van der Waals surface area (Å²) in [4.78, 5) is 10.8. The van der Waals surface area contributed by atoms with Gasteiger partial charge in [-0.3, -0.25) is 0 Å². The lowest BCUT2D eigenvalue weighted by molar-refractivity contribution is 0.687. The highest BCUT2D eigenvalue weighted by Crippen LogP contribution is 2.27. The average molecular weight is 454 g/mol. The lowest BCUT2D eigenvalue weighted by Crippen LogP contribution is -2.24. The van der Waals surface area contributed by atoms with Crippen molar-refractivity contribution >= 4 is 41.6 Å². The van der Waals surface area contributed by atoms with E-state index in [1.54, 1.807) is 0 Å². The van der Waals surface area contributed by atoms with Crippen molar-refractivity contribution in [2.45, 2.75) is 32.2 Å². The number of nitrogens with two attached hydrogens (primary N) is 1. The molecule has 1 aliphatic carbocycles. The number of hydrogen-bond donors (Lipinski definition) is 2. The van der Waals surface area contributed by atoms with Crippen LogP contribution in [0.3, 0.4) is 0 Å². The molecule has 1 aliphatic rings. The van der Waals surface area contributed by atoms with Crippen LogP contribution in [0, 0.1) is 0 Å². The normalized spacial score (nSPS) is 13.8. The SMILES string of the molecule is CN(C)c1ncc(CN=C(N)Nc2cccc3c2CCCC3)n1C.I. The molecule has 7 heteroatoms. The molecule has 0 radical (unpaired) electrons. The van der Waals surface area contributed by atoms with Crippen LogP contribution >= 0.6 is 24.0 Å². The van der Waals surface area contributed by atoms with Gasteiger partial charge in [0, 0.05) is 26.8 Å². The van der Waals surface area contributed by atoms with Crippen molar-refractivity contribution in [3.63, 3.8) is 0 Å². The first kappa shape index (κ1) is 19.6. The number of hydrogen-bond acceptors (Lipinski definition) is 3. The second-order valence-electron chi connectivity index (χ2n) is 6.48. The summed E-state index contributed by atoms with van der Waals surface area (Å²) >= 11 is 0. The van der Waals surface area contributed by atoms with E-state index in [2.05, 4.69) is 33.5 Å². The van der Waals surface area contributed by atoms with Gasteiger partial charge in [-0.2, -0.15) is 0 Å². The van der Waals surface area contributed by atoms with Crippen LogP contribution in [0.5, 0.6) is 0 Å². The first-order valence-electron chi connectivity index (χ1n) is 8.42. The van der Waals surface area contributed by atoms with Crippen LogP contribution in [-0.2, 0) is 26.4 Å². The van der Waals surface area contributed by atoms with E-state index in [0.717, 1.165) is 30.2 Å². The van der Waals surface area contributed by atoms with Gasteiger partial charge < -0.3 is 20.5 Å². The average Bonchev–Trinajstić information content (AvgIpc) is 2.94. The van der Waals surface area contributed by atoms with Gasteiger partial charge in [0.2, 0.25) is 5.95 Å². The molecule has 3 N–H and O–H groups in total. The van der Waals surface area contributed by atoms with Crippen LogP contribution in [0.25, 0.3) is 0 Å². The zero-order valence-corrected chi connectivity index (χ0v) is 17.4. The number of benzene rings is 1. The maximum Gasteiger partial charge on any atom is 0.204 e. The van der Waals surface area contributed by atoms with E-state index in [1.165, 1.54) is 24.0 Å². The summed E-state index contributed by atoms with van der Waals surface area (Å²) in [5.41, 5.74) is 11.0. The summed E-state index contributed by atoms with van der Waals surface area (Å²) in [6.45, 7) is 0.505. The molecule has 0 amide bonds. The van der Waals surface area contributed by atoms with E-state index in [0.29, 0.717) is 12.5 Å². The Hall–Kier alpha value is -1.77. The molecule has 0 unspecified atom stereocenters. The van der Waals surface area contributed by atoms with Crippen LogP contribution in [0.2, 0.25) is 0 Å². The summed E-state index contributed by atoms with van der Waals surface area (Å²) in [7, 11) is 5.94. The smallest absolute Gasteiger partial charge is 0.204 e. The third-order valence-electron chi connectivity index (χ3n) is 4.53. The molecule has 0 spiro atoms. The van der Waals surface area contributed by atoms with E-state index in [-0.39, 0.29) is 24.0 Å². The van der Waals surface area contributed by atoms with Crippen LogP contribution < -0.4 is 16.0 Å². The molecule has 0 fully saturated rings. The van der Waals surface area contributed by atoms with Crippen LogP contribution in [0.4, 0.5) is 11.6 Å². The summed E-state index contributed by atoms with van der Waals surface area (Å²) in [5.74, 6) is 1.35. The van der Waals surface area contributed by atoms with E-state index >= 15 is 0 Å². The van der Waals surface area contributed by atoms with Gasteiger partial charge in [-0.25, -0.2) is 9.98 Å². The predicted octanol–water partition coefficient (Wildman–Crippen LogP) is 2.91. The Bertz CT molecular complexity index is 750. The molecule has 1 aromatic carbocycles. The molecular weight excluding hydrogens is 427 g/mol. The maximum absolute atomic E-state index is 6.10. The van der Waals surface area contributed by atoms with E-state index in [1.807, 2.05) is 36.8 Å². The van der Waals surface area contributed by atoms with E-state index in [4.69, 9.17) is 5.73 Å². The van der Waals surface area contributed by atoms with Crippen molar-refractivity contribution in [2.24, 2.45) is 17.8 Å². The van der Waals surface area contributed by atoms with Gasteiger partial charge in [-0.15, -0.1) is 24.0 Å².